The second-order valence-electron chi connectivity index (χ2n) is 9.53. The number of ether oxygens (including phenoxy) is 1. The second kappa shape index (κ2) is 8.11. The topological polar surface area (TPSA) is 105 Å². The van der Waals surface area contributed by atoms with Gasteiger partial charge < -0.3 is 19.0 Å². The molecule has 1 N–H and O–H groups in total. The van der Waals surface area contributed by atoms with E-state index in [1.54, 1.807) is 24.1 Å². The summed E-state index contributed by atoms with van der Waals surface area (Å²) in [6.45, 7) is 2.30. The molecule has 6 rings (SSSR count). The van der Waals surface area contributed by atoms with Gasteiger partial charge in [-0.3, -0.25) is 19.7 Å². The van der Waals surface area contributed by atoms with Crippen LogP contribution < -0.4 is 15.0 Å². The maximum atomic E-state index is 13.2. The van der Waals surface area contributed by atoms with Gasteiger partial charge in [0.05, 0.1) is 13.5 Å². The van der Waals surface area contributed by atoms with Crippen LogP contribution in [-0.2, 0) is 21.5 Å². The zero-order valence-electron chi connectivity index (χ0n) is 19.5. The lowest BCUT2D eigenvalue weighted by Crippen LogP contribution is -2.46. The van der Waals surface area contributed by atoms with Crippen LogP contribution in [0.4, 0.5) is 5.82 Å². The summed E-state index contributed by atoms with van der Waals surface area (Å²) in [6, 6.07) is 10.9. The van der Waals surface area contributed by atoms with E-state index in [4.69, 9.17) is 14.1 Å². The van der Waals surface area contributed by atoms with E-state index in [-0.39, 0.29) is 24.8 Å². The zero-order chi connectivity index (χ0) is 24.2. The Bertz CT molecular complexity index is 1360. The Balaban J connectivity index is 1.35. The number of amides is 3. The van der Waals surface area contributed by atoms with Crippen molar-refractivity contribution < 1.29 is 23.5 Å². The van der Waals surface area contributed by atoms with Gasteiger partial charge in [-0.05, 0) is 49.1 Å². The highest BCUT2D eigenvalue weighted by Gasteiger charge is 2.53. The van der Waals surface area contributed by atoms with Crippen LogP contribution in [0.15, 0.2) is 40.8 Å². The van der Waals surface area contributed by atoms with Gasteiger partial charge in [-0.1, -0.05) is 6.07 Å². The molecule has 3 aliphatic heterocycles. The average Bonchev–Trinajstić information content (AvgIpc) is 3.53. The Morgan fingerprint density at radius 3 is 2.66 bits per heavy atom. The van der Waals surface area contributed by atoms with Crippen molar-refractivity contribution in [2.24, 2.45) is 0 Å². The minimum absolute atomic E-state index is 0.0270. The first-order valence-corrected chi connectivity index (χ1v) is 11.9. The summed E-state index contributed by atoms with van der Waals surface area (Å²) in [7, 11) is 1.55. The molecule has 0 saturated carbocycles. The van der Waals surface area contributed by atoms with Crippen molar-refractivity contribution in [1.82, 2.24) is 15.2 Å². The highest BCUT2D eigenvalue weighted by molar-refractivity contribution is 6.10. The molecule has 9 nitrogen and oxygen atoms in total. The maximum absolute atomic E-state index is 13.2. The van der Waals surface area contributed by atoms with Gasteiger partial charge in [0.2, 0.25) is 11.8 Å². The summed E-state index contributed by atoms with van der Waals surface area (Å²) < 4.78 is 11.4. The Kier molecular flexibility index (Phi) is 5.01. The molecule has 180 valence electrons. The van der Waals surface area contributed by atoms with Crippen molar-refractivity contribution in [1.29, 1.82) is 0 Å². The predicted octanol–water partition coefficient (Wildman–Crippen LogP) is 2.77. The Hall–Kier alpha value is -3.88. The first-order chi connectivity index (χ1) is 17.0. The SMILES string of the molecule is COc1ccc2c(c1)C(=O)N(C[C@@]1(c3cc4nc(N5CCCCC5)ccc4o3)CC(=O)NC1=O)C2. The van der Waals surface area contributed by atoms with Crippen LogP contribution in [0, 0.1) is 0 Å². The standard InChI is InChI=1S/C26H26N4O5/c1-34-17-6-5-16-14-30(24(32)18(16)11-17)15-26(13-23(31)28-25(26)33)21-12-19-20(35-21)7-8-22(27-19)29-9-3-2-4-10-29/h5-8,11-12H,2-4,9-10,13-15H2,1H3,(H,28,31,33)/t26-/m1/s1. The number of methoxy groups -OCH3 is 1. The summed E-state index contributed by atoms with van der Waals surface area (Å²) in [5, 5.41) is 2.42. The number of carbonyl (C=O) groups excluding carboxylic acids is 3. The third kappa shape index (κ3) is 3.53. The molecule has 5 heterocycles. The number of anilines is 1. The first kappa shape index (κ1) is 21.6. The number of carbonyl (C=O) groups is 3. The van der Waals surface area contributed by atoms with E-state index in [0.29, 0.717) is 34.7 Å². The maximum Gasteiger partial charge on any atom is 0.254 e. The number of imide groups is 1. The molecule has 0 spiro atoms. The van der Waals surface area contributed by atoms with Crippen molar-refractivity contribution in [2.75, 3.05) is 31.6 Å². The van der Waals surface area contributed by atoms with Gasteiger partial charge in [0.1, 0.15) is 28.3 Å². The van der Waals surface area contributed by atoms with E-state index in [2.05, 4.69) is 10.2 Å². The van der Waals surface area contributed by atoms with E-state index in [1.165, 1.54) is 6.42 Å². The average molecular weight is 475 g/mol. The van der Waals surface area contributed by atoms with Gasteiger partial charge >= 0.3 is 0 Å². The fraction of sp³-hybridized carbons (Fsp3) is 0.385. The number of fused-ring (bicyclic) bond motifs is 2. The summed E-state index contributed by atoms with van der Waals surface area (Å²) in [4.78, 5) is 47.4. The minimum Gasteiger partial charge on any atom is -0.497 e. The van der Waals surface area contributed by atoms with Crippen molar-refractivity contribution in [3.05, 3.63) is 53.3 Å². The lowest BCUT2D eigenvalue weighted by atomic mass is 9.82. The number of pyridine rings is 1. The molecular weight excluding hydrogens is 448 g/mol. The largest absolute Gasteiger partial charge is 0.497 e. The molecule has 2 fully saturated rings. The summed E-state index contributed by atoms with van der Waals surface area (Å²) >= 11 is 0. The van der Waals surface area contributed by atoms with Crippen LogP contribution in [0.3, 0.4) is 0 Å². The van der Waals surface area contributed by atoms with Gasteiger partial charge in [0.25, 0.3) is 5.91 Å². The van der Waals surface area contributed by atoms with E-state index in [1.807, 2.05) is 24.3 Å². The number of hydrogen-bond acceptors (Lipinski definition) is 7. The number of nitrogens with one attached hydrogen (secondary N) is 1. The normalized spacial score (nSPS) is 22.1. The van der Waals surface area contributed by atoms with Crippen LogP contribution in [0.1, 0.15) is 47.4 Å². The zero-order valence-corrected chi connectivity index (χ0v) is 19.5. The number of furan rings is 1. The lowest BCUT2D eigenvalue weighted by Gasteiger charge is -2.28. The monoisotopic (exact) mass is 474 g/mol. The van der Waals surface area contributed by atoms with Gasteiger partial charge in [-0.15, -0.1) is 0 Å². The molecule has 3 amide bonds. The summed E-state index contributed by atoms with van der Waals surface area (Å²) in [6.07, 6.45) is 3.42. The fourth-order valence-electron chi connectivity index (χ4n) is 5.42. The summed E-state index contributed by atoms with van der Waals surface area (Å²) in [5.74, 6) is 0.773. The minimum atomic E-state index is -1.31. The van der Waals surface area contributed by atoms with Crippen LogP contribution in [0.2, 0.25) is 0 Å². The van der Waals surface area contributed by atoms with Crippen LogP contribution >= 0.6 is 0 Å². The molecule has 1 atom stereocenters. The third-order valence-corrected chi connectivity index (χ3v) is 7.32. The fourth-order valence-corrected chi connectivity index (χ4v) is 5.42. The molecule has 3 aromatic rings. The molecular formula is C26H26N4O5. The summed E-state index contributed by atoms with van der Waals surface area (Å²) in [5.41, 5.74) is 1.27. The van der Waals surface area contributed by atoms with Gasteiger partial charge in [-0.2, -0.15) is 0 Å². The molecule has 0 aliphatic carbocycles. The molecule has 2 saturated heterocycles. The Morgan fingerprint density at radius 1 is 1.09 bits per heavy atom. The van der Waals surface area contributed by atoms with Crippen LogP contribution in [0.25, 0.3) is 11.1 Å². The molecule has 9 heteroatoms. The van der Waals surface area contributed by atoms with E-state index < -0.39 is 11.3 Å². The van der Waals surface area contributed by atoms with E-state index in [0.717, 1.165) is 37.3 Å². The highest BCUT2D eigenvalue weighted by Crippen LogP contribution is 2.39. The van der Waals surface area contributed by atoms with Crippen LogP contribution in [-0.4, -0.2) is 54.3 Å². The van der Waals surface area contributed by atoms with Gasteiger partial charge in [-0.25, -0.2) is 4.98 Å². The smallest absolute Gasteiger partial charge is 0.254 e. The van der Waals surface area contributed by atoms with E-state index in [9.17, 15) is 14.4 Å². The molecule has 1 aromatic carbocycles. The Morgan fingerprint density at radius 2 is 1.91 bits per heavy atom. The number of nitrogens with zero attached hydrogens (tertiary/aromatic N) is 3. The lowest BCUT2D eigenvalue weighted by molar-refractivity contribution is -0.127. The molecule has 35 heavy (non-hydrogen) atoms. The quantitative estimate of drug-likeness (QED) is 0.567. The number of hydrogen-bond donors (Lipinski definition) is 1. The van der Waals surface area contributed by atoms with Crippen molar-refractivity contribution in [2.45, 2.75) is 37.6 Å². The van der Waals surface area contributed by atoms with Crippen molar-refractivity contribution in [3.8, 4) is 5.75 Å². The number of aromatic nitrogens is 1. The molecule has 3 aliphatic rings. The van der Waals surface area contributed by atoms with Gasteiger partial charge in [0.15, 0.2) is 5.58 Å². The third-order valence-electron chi connectivity index (χ3n) is 7.32. The Labute approximate surface area is 202 Å². The van der Waals surface area contributed by atoms with Gasteiger partial charge in [0, 0.05) is 37.8 Å². The van der Waals surface area contributed by atoms with Crippen molar-refractivity contribution in [3.63, 3.8) is 0 Å². The predicted molar refractivity (Wildman–Crippen MR) is 127 cm³/mol. The number of piperidine rings is 1. The first-order valence-electron chi connectivity index (χ1n) is 11.9. The molecule has 0 unspecified atom stereocenters. The van der Waals surface area contributed by atoms with Crippen molar-refractivity contribution >= 4 is 34.6 Å². The number of benzene rings is 1. The highest BCUT2D eigenvalue weighted by atomic mass is 16.5. The van der Waals surface area contributed by atoms with Crippen LogP contribution in [0.5, 0.6) is 5.75 Å². The molecule has 0 bridgehead atoms. The van der Waals surface area contributed by atoms with E-state index >= 15 is 0 Å². The number of rotatable bonds is 5. The molecule has 0 radical (unpaired) electrons. The second-order valence-corrected chi connectivity index (χ2v) is 9.53. The molecule has 2 aromatic heterocycles.